The second-order valence-electron chi connectivity index (χ2n) is 4.03. The van der Waals surface area contributed by atoms with Crippen molar-refractivity contribution in [3.05, 3.63) is 23.7 Å². The molecule has 0 aliphatic heterocycles. The van der Waals surface area contributed by atoms with Gasteiger partial charge in [0.15, 0.2) is 0 Å². The second-order valence-corrected chi connectivity index (χ2v) is 4.03. The Balaban J connectivity index is 2.25. The van der Waals surface area contributed by atoms with Gasteiger partial charge in [0, 0.05) is 12.5 Å². The molecule has 0 fully saturated rings. The third-order valence-corrected chi connectivity index (χ3v) is 3.16. The van der Waals surface area contributed by atoms with E-state index in [0.29, 0.717) is 5.92 Å². The van der Waals surface area contributed by atoms with E-state index in [-0.39, 0.29) is 0 Å². The Bertz CT molecular complexity index is 279. The third-order valence-electron chi connectivity index (χ3n) is 3.16. The van der Waals surface area contributed by atoms with Gasteiger partial charge in [-0.05, 0) is 36.9 Å². The minimum atomic E-state index is 0.646. The van der Waals surface area contributed by atoms with Gasteiger partial charge in [-0.25, -0.2) is 0 Å². The highest BCUT2D eigenvalue weighted by Gasteiger charge is 2.27. The van der Waals surface area contributed by atoms with E-state index in [1.807, 2.05) is 19.6 Å². The van der Waals surface area contributed by atoms with Crippen LogP contribution in [-0.4, -0.2) is 13.6 Å². The lowest BCUT2D eigenvalue weighted by Crippen LogP contribution is -2.26. The molecule has 0 saturated carbocycles. The number of fused-ring (bicyclic) bond motifs is 1. The standard InChI is InChI=1S/C11H17NO/c1-8-3-4-9-6-13-7-11(9)10(8)5-12-2/h6-8,10,12H,3-5H2,1-2H3. The van der Waals surface area contributed by atoms with Gasteiger partial charge in [-0.3, -0.25) is 0 Å². The molecule has 1 aliphatic carbocycles. The zero-order chi connectivity index (χ0) is 9.26. The number of furan rings is 1. The van der Waals surface area contributed by atoms with Crippen molar-refractivity contribution in [3.63, 3.8) is 0 Å². The number of hydrogen-bond donors (Lipinski definition) is 1. The SMILES string of the molecule is CNCC1c2cocc2CCC1C. The Kier molecular flexibility index (Phi) is 2.40. The maximum absolute atomic E-state index is 5.26. The molecule has 1 aromatic rings. The fourth-order valence-electron chi connectivity index (χ4n) is 2.28. The summed E-state index contributed by atoms with van der Waals surface area (Å²) in [6.45, 7) is 3.39. The first-order valence-corrected chi connectivity index (χ1v) is 5.02. The van der Waals surface area contributed by atoms with Crippen LogP contribution in [0.4, 0.5) is 0 Å². The summed E-state index contributed by atoms with van der Waals surface area (Å²) in [6.07, 6.45) is 6.31. The van der Waals surface area contributed by atoms with Crippen LogP contribution in [0.5, 0.6) is 0 Å². The molecule has 0 saturated heterocycles. The van der Waals surface area contributed by atoms with E-state index in [1.54, 1.807) is 0 Å². The zero-order valence-electron chi connectivity index (χ0n) is 8.34. The quantitative estimate of drug-likeness (QED) is 0.752. The summed E-state index contributed by atoms with van der Waals surface area (Å²) in [5.74, 6) is 1.42. The van der Waals surface area contributed by atoms with Gasteiger partial charge in [0.1, 0.15) is 0 Å². The smallest absolute Gasteiger partial charge is 0.0940 e. The van der Waals surface area contributed by atoms with Crippen LogP contribution in [0, 0.1) is 5.92 Å². The molecular formula is C11H17NO. The molecule has 1 heterocycles. The largest absolute Gasteiger partial charge is 0.472 e. The number of likely N-dealkylation sites (N-methyl/N-ethyl adjacent to an activating group) is 1. The van der Waals surface area contributed by atoms with Crippen molar-refractivity contribution < 1.29 is 4.42 Å². The van der Waals surface area contributed by atoms with E-state index >= 15 is 0 Å². The Morgan fingerprint density at radius 2 is 2.38 bits per heavy atom. The van der Waals surface area contributed by atoms with Crippen molar-refractivity contribution in [3.8, 4) is 0 Å². The van der Waals surface area contributed by atoms with Crippen molar-refractivity contribution >= 4 is 0 Å². The van der Waals surface area contributed by atoms with Crippen LogP contribution in [0.15, 0.2) is 16.9 Å². The molecule has 13 heavy (non-hydrogen) atoms. The molecule has 2 heteroatoms. The molecule has 2 unspecified atom stereocenters. The van der Waals surface area contributed by atoms with Crippen molar-refractivity contribution in [1.29, 1.82) is 0 Å². The molecule has 0 aromatic carbocycles. The summed E-state index contributed by atoms with van der Waals surface area (Å²) in [6, 6.07) is 0. The second kappa shape index (κ2) is 3.54. The van der Waals surface area contributed by atoms with E-state index in [2.05, 4.69) is 12.2 Å². The number of hydrogen-bond acceptors (Lipinski definition) is 2. The highest BCUT2D eigenvalue weighted by atomic mass is 16.3. The van der Waals surface area contributed by atoms with Crippen LogP contribution in [-0.2, 0) is 6.42 Å². The van der Waals surface area contributed by atoms with E-state index in [0.717, 1.165) is 12.5 Å². The Morgan fingerprint density at radius 1 is 1.54 bits per heavy atom. The van der Waals surface area contributed by atoms with Crippen LogP contribution in [0.3, 0.4) is 0 Å². The molecule has 72 valence electrons. The number of nitrogens with one attached hydrogen (secondary N) is 1. The van der Waals surface area contributed by atoms with E-state index < -0.39 is 0 Å². The molecule has 0 bridgehead atoms. The summed E-state index contributed by atoms with van der Waals surface area (Å²) in [4.78, 5) is 0. The van der Waals surface area contributed by atoms with Gasteiger partial charge < -0.3 is 9.73 Å². The van der Waals surface area contributed by atoms with Crippen LogP contribution < -0.4 is 5.32 Å². The van der Waals surface area contributed by atoms with Gasteiger partial charge in [-0.2, -0.15) is 0 Å². The summed E-state index contributed by atoms with van der Waals surface area (Å²) in [5.41, 5.74) is 2.84. The lowest BCUT2D eigenvalue weighted by molar-refractivity contribution is 0.393. The molecule has 0 radical (unpaired) electrons. The molecule has 2 rings (SSSR count). The summed E-state index contributed by atoms with van der Waals surface area (Å²) < 4.78 is 5.26. The van der Waals surface area contributed by atoms with Crippen molar-refractivity contribution in [2.75, 3.05) is 13.6 Å². The van der Waals surface area contributed by atoms with Gasteiger partial charge >= 0.3 is 0 Å². The molecule has 2 nitrogen and oxygen atoms in total. The highest BCUT2D eigenvalue weighted by molar-refractivity contribution is 5.29. The van der Waals surface area contributed by atoms with Gasteiger partial charge in [-0.1, -0.05) is 6.92 Å². The molecule has 0 amide bonds. The minimum Gasteiger partial charge on any atom is -0.472 e. The monoisotopic (exact) mass is 179 g/mol. The third kappa shape index (κ3) is 1.51. The Hall–Kier alpha value is -0.760. The van der Waals surface area contributed by atoms with E-state index in [1.165, 1.54) is 24.0 Å². The summed E-state index contributed by atoms with van der Waals surface area (Å²) >= 11 is 0. The first-order valence-electron chi connectivity index (χ1n) is 5.02. The molecule has 1 N–H and O–H groups in total. The lowest BCUT2D eigenvalue weighted by atomic mass is 9.78. The van der Waals surface area contributed by atoms with Crippen LogP contribution >= 0.6 is 0 Å². The molecular weight excluding hydrogens is 162 g/mol. The van der Waals surface area contributed by atoms with E-state index in [9.17, 15) is 0 Å². The number of rotatable bonds is 2. The van der Waals surface area contributed by atoms with Crippen molar-refractivity contribution in [1.82, 2.24) is 5.32 Å². The molecule has 2 atom stereocenters. The Morgan fingerprint density at radius 3 is 3.15 bits per heavy atom. The first kappa shape index (κ1) is 8.82. The fraction of sp³-hybridized carbons (Fsp3) is 0.636. The van der Waals surface area contributed by atoms with Crippen LogP contribution in [0.1, 0.15) is 30.4 Å². The minimum absolute atomic E-state index is 0.646. The Labute approximate surface area is 79.3 Å². The van der Waals surface area contributed by atoms with Crippen molar-refractivity contribution in [2.24, 2.45) is 5.92 Å². The van der Waals surface area contributed by atoms with Gasteiger partial charge in [0.25, 0.3) is 0 Å². The molecule has 0 spiro atoms. The van der Waals surface area contributed by atoms with Gasteiger partial charge in [-0.15, -0.1) is 0 Å². The maximum atomic E-state index is 5.26. The fourth-order valence-corrected chi connectivity index (χ4v) is 2.28. The summed E-state index contributed by atoms with van der Waals surface area (Å²) in [5, 5.41) is 3.26. The van der Waals surface area contributed by atoms with Crippen molar-refractivity contribution in [2.45, 2.75) is 25.7 Å². The maximum Gasteiger partial charge on any atom is 0.0940 e. The first-order chi connectivity index (χ1) is 6.33. The number of aryl methyl sites for hydroxylation is 1. The predicted octanol–water partition coefficient (Wildman–Crippen LogP) is 2.16. The lowest BCUT2D eigenvalue weighted by Gasteiger charge is -2.28. The highest BCUT2D eigenvalue weighted by Crippen LogP contribution is 2.35. The molecule has 1 aliphatic rings. The predicted molar refractivity (Wildman–Crippen MR) is 52.9 cm³/mol. The molecule has 1 aromatic heterocycles. The van der Waals surface area contributed by atoms with Crippen LogP contribution in [0.2, 0.25) is 0 Å². The van der Waals surface area contributed by atoms with Crippen LogP contribution in [0.25, 0.3) is 0 Å². The zero-order valence-corrected chi connectivity index (χ0v) is 8.34. The normalized spacial score (nSPS) is 27.2. The van der Waals surface area contributed by atoms with Gasteiger partial charge in [0.05, 0.1) is 12.5 Å². The summed E-state index contributed by atoms with van der Waals surface area (Å²) in [7, 11) is 2.01. The topological polar surface area (TPSA) is 25.2 Å². The average molecular weight is 179 g/mol. The average Bonchev–Trinajstić information content (AvgIpc) is 2.58. The van der Waals surface area contributed by atoms with E-state index in [4.69, 9.17) is 4.42 Å². The van der Waals surface area contributed by atoms with Gasteiger partial charge in [0.2, 0.25) is 0 Å².